The Morgan fingerprint density at radius 3 is 2.77 bits per heavy atom. The predicted molar refractivity (Wildman–Crippen MR) is 95.9 cm³/mol. The van der Waals surface area contributed by atoms with Gasteiger partial charge in [-0.25, -0.2) is 13.8 Å². The third-order valence-corrected chi connectivity index (χ3v) is 4.68. The summed E-state index contributed by atoms with van der Waals surface area (Å²) >= 11 is 0. The first kappa shape index (κ1) is 16.6. The maximum Gasteiger partial charge on any atom is 0.168 e. The minimum absolute atomic E-state index is 0.0835. The van der Waals surface area contributed by atoms with Gasteiger partial charge >= 0.3 is 0 Å². The molecule has 134 valence electrons. The number of phenolic OH excluding ortho intramolecular Hbond substituents is 1. The van der Waals surface area contributed by atoms with Crippen LogP contribution >= 0.6 is 0 Å². The fourth-order valence-electron chi connectivity index (χ4n) is 2.96. The summed E-state index contributed by atoms with van der Waals surface area (Å²) in [6.45, 7) is 0.585. The highest BCUT2D eigenvalue weighted by atomic mass is 19.2. The summed E-state index contributed by atoms with van der Waals surface area (Å²) in [5.41, 5.74) is 1.48. The van der Waals surface area contributed by atoms with E-state index >= 15 is 0 Å². The summed E-state index contributed by atoms with van der Waals surface area (Å²) in [4.78, 5) is 7.15. The number of nitrogens with one attached hydrogen (secondary N) is 1. The normalized spacial score (nSPS) is 14.8. The SMILES string of the molecule is Oc1cccc(/C=C/c2nc3cc(F)c(F)cc3[nH]2)c1OCC1CCC1. The van der Waals surface area contributed by atoms with Crippen molar-refractivity contribution in [3.8, 4) is 11.5 Å². The first-order chi connectivity index (χ1) is 12.6. The van der Waals surface area contributed by atoms with Crippen molar-refractivity contribution in [3.63, 3.8) is 0 Å². The van der Waals surface area contributed by atoms with Crippen molar-refractivity contribution in [2.75, 3.05) is 6.61 Å². The molecular formula is C20H18F2N2O2. The number of ether oxygens (including phenoxy) is 1. The third kappa shape index (κ3) is 3.27. The number of imidazole rings is 1. The monoisotopic (exact) mass is 356 g/mol. The van der Waals surface area contributed by atoms with Crippen LogP contribution in [0, 0.1) is 17.6 Å². The number of benzene rings is 2. The number of H-pyrrole nitrogens is 1. The average molecular weight is 356 g/mol. The minimum Gasteiger partial charge on any atom is -0.504 e. The van der Waals surface area contributed by atoms with Gasteiger partial charge in [0.2, 0.25) is 0 Å². The van der Waals surface area contributed by atoms with E-state index in [0.717, 1.165) is 25.0 Å². The lowest BCUT2D eigenvalue weighted by molar-refractivity contribution is 0.176. The Bertz CT molecular complexity index is 938. The van der Waals surface area contributed by atoms with Crippen LogP contribution in [-0.2, 0) is 0 Å². The lowest BCUT2D eigenvalue weighted by Gasteiger charge is -2.25. The second-order valence-corrected chi connectivity index (χ2v) is 6.54. The Hall–Kier alpha value is -2.89. The minimum atomic E-state index is -0.931. The predicted octanol–water partition coefficient (Wildman–Crippen LogP) is 4.90. The van der Waals surface area contributed by atoms with Crippen molar-refractivity contribution in [3.05, 3.63) is 53.4 Å². The largest absolute Gasteiger partial charge is 0.504 e. The van der Waals surface area contributed by atoms with Crippen LogP contribution in [0.5, 0.6) is 11.5 Å². The Morgan fingerprint density at radius 1 is 1.19 bits per heavy atom. The molecule has 0 atom stereocenters. The molecule has 0 spiro atoms. The van der Waals surface area contributed by atoms with Gasteiger partial charge in [-0.1, -0.05) is 18.6 Å². The topological polar surface area (TPSA) is 58.1 Å². The first-order valence-electron chi connectivity index (χ1n) is 8.58. The van der Waals surface area contributed by atoms with E-state index < -0.39 is 11.6 Å². The molecular weight excluding hydrogens is 338 g/mol. The van der Waals surface area contributed by atoms with Gasteiger partial charge in [-0.2, -0.15) is 0 Å². The number of aromatic hydroxyl groups is 1. The van der Waals surface area contributed by atoms with Gasteiger partial charge in [-0.05, 0) is 37.0 Å². The van der Waals surface area contributed by atoms with Gasteiger partial charge in [-0.15, -0.1) is 0 Å². The molecule has 0 amide bonds. The summed E-state index contributed by atoms with van der Waals surface area (Å²) in [6.07, 6.45) is 6.98. The Labute approximate surface area is 149 Å². The van der Waals surface area contributed by atoms with E-state index in [9.17, 15) is 13.9 Å². The van der Waals surface area contributed by atoms with Crippen LogP contribution in [0.3, 0.4) is 0 Å². The average Bonchev–Trinajstić information content (AvgIpc) is 2.95. The van der Waals surface area contributed by atoms with Gasteiger partial charge in [0.1, 0.15) is 5.82 Å². The van der Waals surface area contributed by atoms with E-state index in [1.165, 1.54) is 6.42 Å². The smallest absolute Gasteiger partial charge is 0.168 e. The van der Waals surface area contributed by atoms with Crippen LogP contribution in [0.15, 0.2) is 30.3 Å². The van der Waals surface area contributed by atoms with E-state index in [4.69, 9.17) is 4.74 Å². The molecule has 6 heteroatoms. The van der Waals surface area contributed by atoms with Crippen molar-refractivity contribution in [1.29, 1.82) is 0 Å². The molecule has 4 nitrogen and oxygen atoms in total. The van der Waals surface area contributed by atoms with Gasteiger partial charge in [0.25, 0.3) is 0 Å². The van der Waals surface area contributed by atoms with Crippen LogP contribution in [0.4, 0.5) is 8.78 Å². The van der Waals surface area contributed by atoms with Crippen LogP contribution in [0.25, 0.3) is 23.2 Å². The molecule has 0 saturated heterocycles. The fraction of sp³-hybridized carbons (Fsp3) is 0.250. The third-order valence-electron chi connectivity index (χ3n) is 4.68. The summed E-state index contributed by atoms with van der Waals surface area (Å²) < 4.78 is 32.4. The summed E-state index contributed by atoms with van der Waals surface area (Å²) in [6, 6.07) is 7.28. The second kappa shape index (κ2) is 6.78. The summed E-state index contributed by atoms with van der Waals surface area (Å²) in [7, 11) is 0. The van der Waals surface area contributed by atoms with E-state index in [-0.39, 0.29) is 5.75 Å². The number of fused-ring (bicyclic) bond motifs is 1. The Morgan fingerprint density at radius 2 is 2.00 bits per heavy atom. The molecule has 2 N–H and O–H groups in total. The van der Waals surface area contributed by atoms with Crippen LogP contribution in [0.2, 0.25) is 0 Å². The second-order valence-electron chi connectivity index (χ2n) is 6.54. The molecule has 1 aliphatic carbocycles. The molecule has 0 bridgehead atoms. The van der Waals surface area contributed by atoms with Gasteiger partial charge in [0, 0.05) is 17.7 Å². The maximum atomic E-state index is 13.3. The van der Waals surface area contributed by atoms with Crippen LogP contribution < -0.4 is 4.74 Å². The van der Waals surface area contributed by atoms with E-state index in [0.29, 0.717) is 40.7 Å². The molecule has 2 aromatic carbocycles. The number of hydrogen-bond acceptors (Lipinski definition) is 3. The van der Waals surface area contributed by atoms with Crippen molar-refractivity contribution < 1.29 is 18.6 Å². The Balaban J connectivity index is 1.58. The summed E-state index contributed by atoms with van der Waals surface area (Å²) in [5, 5.41) is 10.1. The lowest BCUT2D eigenvalue weighted by Crippen LogP contribution is -2.19. The zero-order valence-electron chi connectivity index (χ0n) is 14.0. The molecule has 0 aliphatic heterocycles. The zero-order chi connectivity index (χ0) is 18.1. The number of hydrogen-bond donors (Lipinski definition) is 2. The number of rotatable bonds is 5. The lowest BCUT2D eigenvalue weighted by atomic mass is 9.86. The number of nitrogens with zero attached hydrogens (tertiary/aromatic N) is 1. The molecule has 0 unspecified atom stereocenters. The van der Waals surface area contributed by atoms with E-state index in [1.807, 2.05) is 6.07 Å². The van der Waals surface area contributed by atoms with Crippen molar-refractivity contribution in [1.82, 2.24) is 9.97 Å². The van der Waals surface area contributed by atoms with Crippen LogP contribution in [-0.4, -0.2) is 21.7 Å². The molecule has 1 heterocycles. The first-order valence-corrected chi connectivity index (χ1v) is 8.58. The van der Waals surface area contributed by atoms with Gasteiger partial charge in [-0.3, -0.25) is 0 Å². The number of phenols is 1. The zero-order valence-corrected chi connectivity index (χ0v) is 14.0. The highest BCUT2D eigenvalue weighted by molar-refractivity contribution is 5.79. The molecule has 4 rings (SSSR count). The number of para-hydroxylation sites is 1. The van der Waals surface area contributed by atoms with Crippen LogP contribution in [0.1, 0.15) is 30.7 Å². The van der Waals surface area contributed by atoms with Gasteiger partial charge < -0.3 is 14.8 Å². The van der Waals surface area contributed by atoms with Gasteiger partial charge in [0.05, 0.1) is 17.6 Å². The summed E-state index contributed by atoms with van der Waals surface area (Å²) in [5.74, 6) is -0.329. The molecule has 1 aromatic heterocycles. The number of aromatic nitrogens is 2. The molecule has 1 aliphatic rings. The highest BCUT2D eigenvalue weighted by Crippen LogP contribution is 2.34. The highest BCUT2D eigenvalue weighted by Gasteiger charge is 2.19. The van der Waals surface area contributed by atoms with E-state index in [1.54, 1.807) is 24.3 Å². The quantitative estimate of drug-likeness (QED) is 0.684. The molecule has 1 fully saturated rings. The van der Waals surface area contributed by atoms with E-state index in [2.05, 4.69) is 9.97 Å². The standard InChI is InChI=1S/C20H18F2N2O2/c21-14-9-16-17(10-15(14)22)24-19(23-16)8-7-13-5-2-6-18(25)20(13)26-11-12-3-1-4-12/h2,5-10,12,25H,1,3-4,11H2,(H,23,24)/b8-7+. The van der Waals surface area contributed by atoms with Gasteiger partial charge in [0.15, 0.2) is 23.1 Å². The molecule has 3 aromatic rings. The van der Waals surface area contributed by atoms with Crippen molar-refractivity contribution in [2.45, 2.75) is 19.3 Å². The number of halogens is 2. The molecule has 0 radical (unpaired) electrons. The maximum absolute atomic E-state index is 13.3. The van der Waals surface area contributed by atoms with Crippen molar-refractivity contribution >= 4 is 23.2 Å². The molecule has 26 heavy (non-hydrogen) atoms. The molecule has 1 saturated carbocycles. The van der Waals surface area contributed by atoms with Crippen molar-refractivity contribution in [2.24, 2.45) is 5.92 Å². The Kier molecular flexibility index (Phi) is 4.32. The number of aromatic amines is 1. The fourth-order valence-corrected chi connectivity index (χ4v) is 2.96.